The van der Waals surface area contributed by atoms with Gasteiger partial charge in [0, 0.05) is 17.1 Å². The van der Waals surface area contributed by atoms with E-state index in [0.717, 1.165) is 28.4 Å². The zero-order chi connectivity index (χ0) is 20.3. The predicted molar refractivity (Wildman–Crippen MR) is 100 cm³/mol. The van der Waals surface area contributed by atoms with Crippen molar-refractivity contribution in [3.8, 4) is 5.75 Å². The van der Waals surface area contributed by atoms with E-state index in [2.05, 4.69) is 26.1 Å². The summed E-state index contributed by atoms with van der Waals surface area (Å²) in [7, 11) is 0. The third kappa shape index (κ3) is 11.7. The molecule has 0 saturated carbocycles. The molecule has 0 aliphatic carbocycles. The summed E-state index contributed by atoms with van der Waals surface area (Å²) in [5, 5.41) is 19.0. The number of aliphatic carboxylic acids is 2. The first-order chi connectivity index (χ1) is 11.9. The van der Waals surface area contributed by atoms with Crippen molar-refractivity contribution in [2.24, 2.45) is 0 Å². The number of aryl methyl sites for hydroxylation is 2. The summed E-state index contributed by atoms with van der Waals surface area (Å²) < 4.78 is 11.2. The van der Waals surface area contributed by atoms with Crippen molar-refractivity contribution in [2.75, 3.05) is 26.4 Å². The maximum absolute atomic E-state index is 9.10. The van der Waals surface area contributed by atoms with Gasteiger partial charge in [-0.05, 0) is 57.9 Å². The molecule has 1 aromatic carbocycles. The second kappa shape index (κ2) is 11.7. The van der Waals surface area contributed by atoms with E-state index in [-0.39, 0.29) is 5.54 Å². The van der Waals surface area contributed by atoms with Crippen LogP contribution in [-0.4, -0.2) is 54.1 Å². The van der Waals surface area contributed by atoms with Crippen LogP contribution >= 0.6 is 11.6 Å². The quantitative estimate of drug-likeness (QED) is 0.486. The number of rotatable bonds is 7. The van der Waals surface area contributed by atoms with Gasteiger partial charge in [0.2, 0.25) is 0 Å². The van der Waals surface area contributed by atoms with Crippen LogP contribution < -0.4 is 10.1 Å². The zero-order valence-corrected chi connectivity index (χ0v) is 16.6. The Morgan fingerprint density at radius 3 is 1.96 bits per heavy atom. The van der Waals surface area contributed by atoms with Crippen molar-refractivity contribution in [1.29, 1.82) is 0 Å². The Morgan fingerprint density at radius 2 is 1.54 bits per heavy atom. The van der Waals surface area contributed by atoms with Gasteiger partial charge in [0.05, 0.1) is 13.2 Å². The Hall–Kier alpha value is -1.83. The normalized spacial score (nSPS) is 10.7. The Morgan fingerprint density at radius 1 is 1.04 bits per heavy atom. The minimum atomic E-state index is -1.82. The van der Waals surface area contributed by atoms with Gasteiger partial charge in [-0.15, -0.1) is 0 Å². The number of ether oxygens (including phenoxy) is 2. The maximum atomic E-state index is 9.10. The molecule has 0 fully saturated rings. The largest absolute Gasteiger partial charge is 0.491 e. The van der Waals surface area contributed by atoms with Crippen LogP contribution in [0.25, 0.3) is 0 Å². The molecular weight excluding hydrogens is 362 g/mol. The van der Waals surface area contributed by atoms with Gasteiger partial charge < -0.3 is 25.0 Å². The topological polar surface area (TPSA) is 105 Å². The lowest BCUT2D eigenvalue weighted by Crippen LogP contribution is -2.38. The van der Waals surface area contributed by atoms with Crippen LogP contribution in [0, 0.1) is 13.8 Å². The van der Waals surface area contributed by atoms with Crippen LogP contribution in [0.2, 0.25) is 5.02 Å². The maximum Gasteiger partial charge on any atom is 0.414 e. The van der Waals surface area contributed by atoms with Gasteiger partial charge in [0.25, 0.3) is 0 Å². The average molecular weight is 390 g/mol. The minimum absolute atomic E-state index is 0.137. The summed E-state index contributed by atoms with van der Waals surface area (Å²) in [5.74, 6) is -2.80. The molecule has 0 aliphatic heterocycles. The average Bonchev–Trinajstić information content (AvgIpc) is 2.51. The highest BCUT2D eigenvalue weighted by atomic mass is 35.5. The molecule has 1 rings (SSSR count). The molecule has 0 spiro atoms. The molecule has 0 heterocycles. The van der Waals surface area contributed by atoms with E-state index < -0.39 is 11.9 Å². The number of benzene rings is 1. The van der Waals surface area contributed by atoms with Crippen molar-refractivity contribution in [3.05, 3.63) is 28.3 Å². The van der Waals surface area contributed by atoms with E-state index in [1.807, 2.05) is 26.0 Å². The molecule has 3 N–H and O–H groups in total. The van der Waals surface area contributed by atoms with E-state index in [1.165, 1.54) is 0 Å². The monoisotopic (exact) mass is 389 g/mol. The van der Waals surface area contributed by atoms with Crippen LogP contribution in [0.3, 0.4) is 0 Å². The van der Waals surface area contributed by atoms with Crippen molar-refractivity contribution in [2.45, 2.75) is 40.2 Å². The number of hydrogen-bond acceptors (Lipinski definition) is 5. The van der Waals surface area contributed by atoms with Crippen molar-refractivity contribution in [1.82, 2.24) is 5.32 Å². The number of carboxylic acids is 2. The molecule has 0 radical (unpaired) electrons. The van der Waals surface area contributed by atoms with Crippen LogP contribution in [0.1, 0.15) is 31.9 Å². The molecule has 0 atom stereocenters. The standard InChI is InChI=1S/C16H26ClNO2.C2H2O4/c1-12-10-14(11-13(2)15(12)17)20-9-8-19-7-6-18-16(3,4)5;3-1(4)2(5)6/h10-11,18H,6-9H2,1-5H3;(H,3,4)(H,5,6). The summed E-state index contributed by atoms with van der Waals surface area (Å²) in [6.45, 7) is 13.1. The Bertz CT molecular complexity index is 563. The summed E-state index contributed by atoms with van der Waals surface area (Å²) >= 11 is 6.12. The molecule has 8 heteroatoms. The molecule has 0 unspecified atom stereocenters. The highest BCUT2D eigenvalue weighted by Gasteiger charge is 2.07. The van der Waals surface area contributed by atoms with Crippen LogP contribution in [0.15, 0.2) is 12.1 Å². The fourth-order valence-electron chi connectivity index (χ4n) is 1.81. The van der Waals surface area contributed by atoms with Crippen molar-refractivity contribution in [3.63, 3.8) is 0 Å². The first-order valence-corrected chi connectivity index (χ1v) is 8.50. The van der Waals surface area contributed by atoms with Gasteiger partial charge in [-0.2, -0.15) is 0 Å². The van der Waals surface area contributed by atoms with Crippen LogP contribution in [0.5, 0.6) is 5.75 Å². The third-order valence-electron chi connectivity index (χ3n) is 2.99. The van der Waals surface area contributed by atoms with E-state index in [9.17, 15) is 0 Å². The van der Waals surface area contributed by atoms with Gasteiger partial charge in [-0.3, -0.25) is 0 Å². The van der Waals surface area contributed by atoms with Crippen molar-refractivity contribution < 1.29 is 29.3 Å². The first-order valence-electron chi connectivity index (χ1n) is 8.12. The molecular formula is C18H28ClNO6. The lowest BCUT2D eigenvalue weighted by molar-refractivity contribution is -0.159. The van der Waals surface area contributed by atoms with Crippen molar-refractivity contribution >= 4 is 23.5 Å². The lowest BCUT2D eigenvalue weighted by atomic mass is 10.1. The number of nitrogens with one attached hydrogen (secondary N) is 1. The summed E-state index contributed by atoms with van der Waals surface area (Å²) in [6.07, 6.45) is 0. The smallest absolute Gasteiger partial charge is 0.414 e. The van der Waals surface area contributed by atoms with Crippen LogP contribution in [0.4, 0.5) is 0 Å². The van der Waals surface area contributed by atoms with Gasteiger partial charge in [-0.25, -0.2) is 9.59 Å². The fourth-order valence-corrected chi connectivity index (χ4v) is 1.92. The predicted octanol–water partition coefficient (Wildman–Crippen LogP) is 2.90. The fraction of sp³-hybridized carbons (Fsp3) is 0.556. The highest BCUT2D eigenvalue weighted by Crippen LogP contribution is 2.25. The summed E-state index contributed by atoms with van der Waals surface area (Å²) in [4.78, 5) is 18.2. The molecule has 26 heavy (non-hydrogen) atoms. The van der Waals surface area contributed by atoms with E-state index in [0.29, 0.717) is 19.8 Å². The second-order valence-corrected chi connectivity index (χ2v) is 7.00. The van der Waals surface area contributed by atoms with Gasteiger partial charge in [-0.1, -0.05) is 11.6 Å². The third-order valence-corrected chi connectivity index (χ3v) is 3.59. The number of hydrogen-bond donors (Lipinski definition) is 3. The number of carboxylic acid groups (broad SMARTS) is 2. The molecule has 0 saturated heterocycles. The highest BCUT2D eigenvalue weighted by molar-refractivity contribution is 6.32. The Kier molecular flexibility index (Phi) is 10.9. The Balaban J connectivity index is 0.000000896. The molecule has 7 nitrogen and oxygen atoms in total. The van der Waals surface area contributed by atoms with Gasteiger partial charge in [0.1, 0.15) is 12.4 Å². The molecule has 0 aromatic heterocycles. The number of halogens is 1. The summed E-state index contributed by atoms with van der Waals surface area (Å²) in [5.41, 5.74) is 2.21. The van der Waals surface area contributed by atoms with Gasteiger partial charge >= 0.3 is 11.9 Å². The lowest BCUT2D eigenvalue weighted by Gasteiger charge is -2.20. The van der Waals surface area contributed by atoms with E-state index >= 15 is 0 Å². The Labute approximate surface area is 159 Å². The molecule has 1 aromatic rings. The van der Waals surface area contributed by atoms with Crippen LogP contribution in [-0.2, 0) is 14.3 Å². The van der Waals surface area contributed by atoms with Gasteiger partial charge in [0.15, 0.2) is 0 Å². The first kappa shape index (κ1) is 24.2. The van der Waals surface area contributed by atoms with E-state index in [1.54, 1.807) is 0 Å². The SMILES string of the molecule is Cc1cc(OCCOCCNC(C)(C)C)cc(C)c1Cl.O=C(O)C(=O)O. The molecule has 0 bridgehead atoms. The molecule has 0 aliphatic rings. The molecule has 0 amide bonds. The summed E-state index contributed by atoms with van der Waals surface area (Å²) in [6, 6.07) is 3.91. The second-order valence-electron chi connectivity index (χ2n) is 6.62. The molecule has 148 valence electrons. The van der Waals surface area contributed by atoms with E-state index in [4.69, 9.17) is 40.9 Å². The minimum Gasteiger partial charge on any atom is -0.491 e. The zero-order valence-electron chi connectivity index (χ0n) is 15.9. The number of carbonyl (C=O) groups is 2.